The normalized spacial score (nSPS) is 12.7. The minimum Gasteiger partial charge on any atom is -0.465 e. The highest BCUT2D eigenvalue weighted by Crippen LogP contribution is 2.56. The fourth-order valence-corrected chi connectivity index (χ4v) is 4.41. The Morgan fingerprint density at radius 1 is 0.528 bits per heavy atom. The van der Waals surface area contributed by atoms with Crippen LogP contribution in [0.25, 0.3) is 22.3 Å². The lowest BCUT2D eigenvalue weighted by atomic mass is 9.69. The molecule has 6 nitrogen and oxygen atoms in total. The molecule has 5 rings (SSSR count). The van der Waals surface area contributed by atoms with Crippen molar-refractivity contribution in [3.8, 4) is 0 Å². The third kappa shape index (κ3) is 4.09. The van der Waals surface area contributed by atoms with Gasteiger partial charge < -0.3 is 9.47 Å². The largest absolute Gasteiger partial charge is 0.465 e. The summed E-state index contributed by atoms with van der Waals surface area (Å²) in [5.41, 5.74) is 8.14. The standard InChI is InChI=1S/C30H22N2O4/c1-35-29(33)23-13-21(15-31-17-23)27-25(19-9-5-3-6-10-19)28(26(27)20-11-7-4-8-12-20)22-14-24(18-32-16-22)30(34)36-2/h3-18H,1-2H3. The molecule has 0 radical (unpaired) electrons. The van der Waals surface area contributed by atoms with Crippen LogP contribution in [0, 0.1) is 0 Å². The van der Waals surface area contributed by atoms with Crippen molar-refractivity contribution in [1.82, 2.24) is 9.97 Å². The van der Waals surface area contributed by atoms with E-state index in [0.29, 0.717) is 11.1 Å². The number of carbonyl (C=O) groups is 2. The van der Waals surface area contributed by atoms with Crippen LogP contribution < -0.4 is 0 Å². The molecule has 0 aliphatic heterocycles. The second-order valence-corrected chi connectivity index (χ2v) is 8.14. The first kappa shape index (κ1) is 22.9. The quantitative estimate of drug-likeness (QED) is 0.339. The number of pyridine rings is 2. The third-order valence-electron chi connectivity index (χ3n) is 6.02. The molecule has 0 atom stereocenters. The molecule has 6 heteroatoms. The van der Waals surface area contributed by atoms with Crippen LogP contribution in [0.5, 0.6) is 0 Å². The van der Waals surface area contributed by atoms with Crippen molar-refractivity contribution >= 4 is 34.2 Å². The fourth-order valence-electron chi connectivity index (χ4n) is 4.41. The van der Waals surface area contributed by atoms with E-state index in [1.54, 1.807) is 24.5 Å². The zero-order valence-electron chi connectivity index (χ0n) is 19.8. The van der Waals surface area contributed by atoms with E-state index in [-0.39, 0.29) is 0 Å². The monoisotopic (exact) mass is 474 g/mol. The van der Waals surface area contributed by atoms with Gasteiger partial charge in [0.15, 0.2) is 0 Å². The van der Waals surface area contributed by atoms with E-state index < -0.39 is 11.9 Å². The number of allylic oxidation sites excluding steroid dienone is 4. The minimum atomic E-state index is -0.453. The zero-order chi connectivity index (χ0) is 25.1. The molecule has 176 valence electrons. The van der Waals surface area contributed by atoms with E-state index >= 15 is 0 Å². The molecule has 0 spiro atoms. The van der Waals surface area contributed by atoms with Crippen LogP contribution in [0.2, 0.25) is 0 Å². The molecule has 0 unspecified atom stereocenters. The number of carbonyl (C=O) groups excluding carboxylic acids is 2. The van der Waals surface area contributed by atoms with Gasteiger partial charge in [0.25, 0.3) is 0 Å². The molecule has 2 aromatic heterocycles. The summed E-state index contributed by atoms with van der Waals surface area (Å²) in [5.74, 6) is -0.906. The second kappa shape index (κ2) is 9.80. The highest BCUT2D eigenvalue weighted by molar-refractivity contribution is 6.43. The molecule has 36 heavy (non-hydrogen) atoms. The van der Waals surface area contributed by atoms with Gasteiger partial charge in [-0.1, -0.05) is 60.7 Å². The molecule has 0 bridgehead atoms. The summed E-state index contributed by atoms with van der Waals surface area (Å²) in [5, 5.41) is 0. The number of hydrogen-bond donors (Lipinski definition) is 0. The lowest BCUT2D eigenvalue weighted by Crippen LogP contribution is -2.12. The van der Waals surface area contributed by atoms with Crippen molar-refractivity contribution in [2.75, 3.05) is 14.2 Å². The molecule has 1 aliphatic rings. The van der Waals surface area contributed by atoms with Crippen LogP contribution in [-0.4, -0.2) is 36.1 Å². The summed E-state index contributed by atoms with van der Waals surface area (Å²) in [7, 11) is 2.70. The first-order chi connectivity index (χ1) is 17.6. The van der Waals surface area contributed by atoms with Crippen molar-refractivity contribution < 1.29 is 19.1 Å². The average molecular weight is 475 g/mol. The van der Waals surface area contributed by atoms with Crippen LogP contribution >= 0.6 is 0 Å². The van der Waals surface area contributed by atoms with E-state index in [9.17, 15) is 9.59 Å². The number of rotatable bonds is 6. The summed E-state index contributed by atoms with van der Waals surface area (Å²) in [6, 6.07) is 23.5. The van der Waals surface area contributed by atoms with Gasteiger partial charge >= 0.3 is 11.9 Å². The Kier molecular flexibility index (Phi) is 6.24. The molecule has 1 aliphatic carbocycles. The fraction of sp³-hybridized carbons (Fsp3) is 0.0667. The smallest absolute Gasteiger partial charge is 0.339 e. The Bertz CT molecular complexity index is 1400. The molecular formula is C30H22N2O4. The van der Waals surface area contributed by atoms with Gasteiger partial charge in [-0.3, -0.25) is 9.97 Å². The highest BCUT2D eigenvalue weighted by atomic mass is 16.5. The summed E-state index contributed by atoms with van der Waals surface area (Å²) in [6.45, 7) is 0. The third-order valence-corrected chi connectivity index (χ3v) is 6.02. The second-order valence-electron chi connectivity index (χ2n) is 8.14. The molecular weight excluding hydrogens is 452 g/mol. The zero-order valence-corrected chi connectivity index (χ0v) is 19.8. The van der Waals surface area contributed by atoms with Gasteiger partial charge in [-0.05, 0) is 34.4 Å². The van der Waals surface area contributed by atoms with Gasteiger partial charge in [0, 0.05) is 47.1 Å². The lowest BCUT2D eigenvalue weighted by molar-refractivity contribution is 0.0591. The Morgan fingerprint density at radius 2 is 0.889 bits per heavy atom. The van der Waals surface area contributed by atoms with Crippen LogP contribution in [0.1, 0.15) is 43.0 Å². The number of esters is 2. The Morgan fingerprint density at radius 3 is 1.25 bits per heavy atom. The lowest BCUT2D eigenvalue weighted by Gasteiger charge is -2.33. The van der Waals surface area contributed by atoms with Crippen molar-refractivity contribution in [3.63, 3.8) is 0 Å². The topological polar surface area (TPSA) is 78.4 Å². The van der Waals surface area contributed by atoms with Crippen LogP contribution in [0.3, 0.4) is 0 Å². The van der Waals surface area contributed by atoms with Crippen LogP contribution in [-0.2, 0) is 9.47 Å². The number of methoxy groups -OCH3 is 2. The van der Waals surface area contributed by atoms with Gasteiger partial charge in [0.2, 0.25) is 0 Å². The van der Waals surface area contributed by atoms with Crippen molar-refractivity contribution in [2.45, 2.75) is 0 Å². The molecule has 0 saturated heterocycles. The van der Waals surface area contributed by atoms with E-state index in [1.165, 1.54) is 26.6 Å². The Balaban J connectivity index is 1.78. The summed E-state index contributed by atoms with van der Waals surface area (Å²) >= 11 is 0. The molecule has 0 amide bonds. The van der Waals surface area contributed by atoms with Crippen LogP contribution in [0.4, 0.5) is 0 Å². The molecule has 0 saturated carbocycles. The summed E-state index contributed by atoms with van der Waals surface area (Å²) in [6.07, 6.45) is 6.47. The number of nitrogens with zero attached hydrogens (tertiary/aromatic N) is 2. The highest BCUT2D eigenvalue weighted by Gasteiger charge is 2.34. The maximum absolute atomic E-state index is 12.3. The first-order valence-electron chi connectivity index (χ1n) is 11.3. The molecule has 0 fully saturated rings. The molecule has 4 aromatic rings. The van der Waals surface area contributed by atoms with E-state index in [2.05, 4.69) is 9.97 Å². The number of aromatic nitrogens is 2. The Labute approximate surface area is 208 Å². The van der Waals surface area contributed by atoms with E-state index in [0.717, 1.165) is 44.5 Å². The van der Waals surface area contributed by atoms with Crippen molar-refractivity contribution in [1.29, 1.82) is 0 Å². The number of ether oxygens (including phenoxy) is 2. The van der Waals surface area contributed by atoms with E-state index in [4.69, 9.17) is 9.47 Å². The molecule has 2 heterocycles. The van der Waals surface area contributed by atoms with Gasteiger partial charge in [-0.2, -0.15) is 0 Å². The predicted octanol–water partition coefficient (Wildman–Crippen LogP) is 5.59. The van der Waals surface area contributed by atoms with Gasteiger partial charge in [0.05, 0.1) is 25.3 Å². The van der Waals surface area contributed by atoms with Gasteiger partial charge in [-0.15, -0.1) is 0 Å². The molecule has 0 N–H and O–H groups in total. The van der Waals surface area contributed by atoms with Crippen LogP contribution in [0.15, 0.2) is 97.6 Å². The van der Waals surface area contributed by atoms with Crippen molar-refractivity contribution in [2.24, 2.45) is 0 Å². The van der Waals surface area contributed by atoms with Crippen molar-refractivity contribution in [3.05, 3.63) is 131 Å². The Hall–Kier alpha value is -4.84. The molecule has 2 aromatic carbocycles. The number of hydrogen-bond acceptors (Lipinski definition) is 6. The van der Waals surface area contributed by atoms with Gasteiger partial charge in [0.1, 0.15) is 0 Å². The average Bonchev–Trinajstić information content (AvgIpc) is 2.93. The maximum Gasteiger partial charge on any atom is 0.339 e. The number of benzene rings is 2. The van der Waals surface area contributed by atoms with E-state index in [1.807, 2.05) is 60.7 Å². The SMILES string of the molecule is COC(=O)c1cncc(C2=C(c3ccccc3)C(c3cncc(C(=O)OC)c3)=C2c2ccccc2)c1. The van der Waals surface area contributed by atoms with Gasteiger partial charge in [-0.25, -0.2) is 9.59 Å². The summed E-state index contributed by atoms with van der Waals surface area (Å²) in [4.78, 5) is 33.2. The summed E-state index contributed by atoms with van der Waals surface area (Å²) < 4.78 is 9.85. The first-order valence-corrected chi connectivity index (χ1v) is 11.3. The maximum atomic E-state index is 12.3. The predicted molar refractivity (Wildman–Crippen MR) is 138 cm³/mol. The minimum absolute atomic E-state index is 0.366.